The molecule has 1 aromatic heterocycles. The molecular formula is C24H24N4O2S2. The van der Waals surface area contributed by atoms with Gasteiger partial charge < -0.3 is 10.2 Å². The lowest BCUT2D eigenvalue weighted by Gasteiger charge is -2.29. The normalized spacial score (nSPS) is 14.7. The zero-order chi connectivity index (χ0) is 22.1. The average molecular weight is 465 g/mol. The number of aromatic nitrogens is 2. The molecule has 6 nitrogen and oxygen atoms in total. The summed E-state index contributed by atoms with van der Waals surface area (Å²) in [6.07, 6.45) is 2.03. The first-order valence-corrected chi connectivity index (χ1v) is 13.2. The van der Waals surface area contributed by atoms with Crippen molar-refractivity contribution >= 4 is 38.2 Å². The van der Waals surface area contributed by atoms with Gasteiger partial charge in [0.1, 0.15) is 0 Å². The third kappa shape index (κ3) is 3.79. The lowest BCUT2D eigenvalue weighted by Crippen LogP contribution is -2.43. The van der Waals surface area contributed by atoms with Gasteiger partial charge in [0, 0.05) is 42.1 Å². The van der Waals surface area contributed by atoms with E-state index in [9.17, 15) is 8.42 Å². The Hall–Kier alpha value is -2.81. The molecule has 1 saturated heterocycles. The van der Waals surface area contributed by atoms with Gasteiger partial charge in [-0.05, 0) is 60.9 Å². The molecule has 0 bridgehead atoms. The first-order chi connectivity index (χ1) is 15.6. The predicted molar refractivity (Wildman–Crippen MR) is 130 cm³/mol. The zero-order valence-corrected chi connectivity index (χ0v) is 19.4. The van der Waals surface area contributed by atoms with Crippen LogP contribution < -0.4 is 10.2 Å². The number of hydrogen-bond acceptors (Lipinski definition) is 6. The highest BCUT2D eigenvalue weighted by molar-refractivity contribution is 7.98. The average Bonchev–Trinajstić information content (AvgIpc) is 3.25. The highest BCUT2D eigenvalue weighted by Gasteiger charge is 2.26. The fourth-order valence-corrected chi connectivity index (χ4v) is 5.82. The van der Waals surface area contributed by atoms with Crippen molar-refractivity contribution < 1.29 is 8.42 Å². The van der Waals surface area contributed by atoms with Crippen LogP contribution in [0.25, 0.3) is 16.6 Å². The summed E-state index contributed by atoms with van der Waals surface area (Å²) in [7, 11) is -3.78. The van der Waals surface area contributed by atoms with E-state index in [1.165, 1.54) is 0 Å². The van der Waals surface area contributed by atoms with Crippen LogP contribution in [0.1, 0.15) is 0 Å². The highest BCUT2D eigenvalue weighted by atomic mass is 32.2. The monoisotopic (exact) mass is 464 g/mol. The molecule has 5 rings (SSSR count). The molecule has 164 valence electrons. The molecule has 0 amide bonds. The molecule has 0 spiro atoms. The van der Waals surface area contributed by atoms with Gasteiger partial charge in [0.25, 0.3) is 0 Å². The van der Waals surface area contributed by atoms with Crippen LogP contribution in [-0.2, 0) is 9.84 Å². The van der Waals surface area contributed by atoms with Crippen molar-refractivity contribution in [2.45, 2.75) is 14.8 Å². The van der Waals surface area contributed by atoms with Gasteiger partial charge in [-0.2, -0.15) is 5.10 Å². The number of nitrogens with one attached hydrogen (secondary N) is 1. The number of sulfone groups is 1. The van der Waals surface area contributed by atoms with Crippen LogP contribution in [-0.4, -0.2) is 50.6 Å². The Morgan fingerprint density at radius 2 is 1.59 bits per heavy atom. The molecule has 0 atom stereocenters. The summed E-state index contributed by atoms with van der Waals surface area (Å²) in [5.74, 6) is 0. The zero-order valence-electron chi connectivity index (χ0n) is 17.7. The second kappa shape index (κ2) is 8.61. The van der Waals surface area contributed by atoms with Crippen molar-refractivity contribution in [2.24, 2.45) is 0 Å². The van der Waals surface area contributed by atoms with E-state index in [2.05, 4.69) is 21.4 Å². The van der Waals surface area contributed by atoms with E-state index < -0.39 is 9.84 Å². The standard InChI is InChI=1S/C24H24N4O2S2/c1-31-20-10-7-18(8-11-20)28-23-12-9-19(27-15-13-25-14-16-27)17-22(23)24(26-28)32(29,30)21-5-3-2-4-6-21/h2-12,17,25H,13-16H2,1H3. The van der Waals surface area contributed by atoms with Gasteiger partial charge in [0.2, 0.25) is 9.84 Å². The maximum absolute atomic E-state index is 13.6. The van der Waals surface area contributed by atoms with E-state index in [4.69, 9.17) is 0 Å². The second-order valence-electron chi connectivity index (χ2n) is 7.67. The molecular weight excluding hydrogens is 440 g/mol. The Kier molecular flexibility index (Phi) is 5.67. The van der Waals surface area contributed by atoms with Gasteiger partial charge in [-0.15, -0.1) is 11.8 Å². The number of fused-ring (bicyclic) bond motifs is 1. The Morgan fingerprint density at radius 3 is 2.28 bits per heavy atom. The first kappa shape index (κ1) is 21.1. The van der Waals surface area contributed by atoms with Crippen LogP contribution >= 0.6 is 11.8 Å². The molecule has 0 saturated carbocycles. The predicted octanol–water partition coefficient (Wildman–Crippen LogP) is 3.99. The van der Waals surface area contributed by atoms with Crippen molar-refractivity contribution in [3.8, 4) is 5.69 Å². The quantitative estimate of drug-likeness (QED) is 0.451. The number of benzene rings is 3. The summed E-state index contributed by atoms with van der Waals surface area (Å²) >= 11 is 1.66. The van der Waals surface area contributed by atoms with E-state index in [0.717, 1.165) is 48.0 Å². The maximum Gasteiger partial charge on any atom is 0.226 e. The summed E-state index contributed by atoms with van der Waals surface area (Å²) in [5, 5.41) is 8.72. The van der Waals surface area contributed by atoms with Gasteiger partial charge in [-0.3, -0.25) is 0 Å². The van der Waals surface area contributed by atoms with E-state index in [-0.39, 0.29) is 9.92 Å². The Bertz CT molecular complexity index is 1340. The van der Waals surface area contributed by atoms with Crippen molar-refractivity contribution in [1.82, 2.24) is 15.1 Å². The molecule has 3 aromatic carbocycles. The molecule has 0 aliphatic carbocycles. The van der Waals surface area contributed by atoms with Crippen LogP contribution in [0.2, 0.25) is 0 Å². The number of anilines is 1. The van der Waals surface area contributed by atoms with Gasteiger partial charge >= 0.3 is 0 Å². The van der Waals surface area contributed by atoms with E-state index in [1.807, 2.05) is 48.7 Å². The SMILES string of the molecule is CSc1ccc(-n2nc(S(=O)(=O)c3ccccc3)c3cc(N4CCNCC4)ccc32)cc1. The lowest BCUT2D eigenvalue weighted by atomic mass is 10.2. The van der Waals surface area contributed by atoms with Crippen LogP contribution in [0.4, 0.5) is 5.69 Å². The summed E-state index contributed by atoms with van der Waals surface area (Å²) in [6, 6.07) is 22.5. The minimum Gasteiger partial charge on any atom is -0.369 e. The molecule has 32 heavy (non-hydrogen) atoms. The summed E-state index contributed by atoms with van der Waals surface area (Å²) < 4.78 is 28.9. The van der Waals surface area contributed by atoms with Crippen molar-refractivity contribution in [1.29, 1.82) is 0 Å². The first-order valence-electron chi connectivity index (χ1n) is 10.5. The maximum atomic E-state index is 13.6. The number of thioether (sulfide) groups is 1. The van der Waals surface area contributed by atoms with Gasteiger partial charge in [0.15, 0.2) is 5.03 Å². The fraction of sp³-hybridized carbons (Fsp3) is 0.208. The van der Waals surface area contributed by atoms with Crippen LogP contribution in [0.3, 0.4) is 0 Å². The van der Waals surface area contributed by atoms with Gasteiger partial charge in [-0.25, -0.2) is 13.1 Å². The molecule has 0 radical (unpaired) electrons. The molecule has 2 heterocycles. The number of hydrogen-bond donors (Lipinski definition) is 1. The van der Waals surface area contributed by atoms with E-state index in [0.29, 0.717) is 5.39 Å². The lowest BCUT2D eigenvalue weighted by molar-refractivity contribution is 0.589. The van der Waals surface area contributed by atoms with Crippen LogP contribution in [0.15, 0.2) is 87.6 Å². The van der Waals surface area contributed by atoms with E-state index in [1.54, 1.807) is 40.7 Å². The smallest absolute Gasteiger partial charge is 0.226 e. The molecule has 0 unspecified atom stereocenters. The number of nitrogens with zero attached hydrogens (tertiary/aromatic N) is 3. The van der Waals surface area contributed by atoms with Gasteiger partial charge in [-0.1, -0.05) is 18.2 Å². The third-order valence-electron chi connectivity index (χ3n) is 5.74. The Morgan fingerprint density at radius 1 is 0.906 bits per heavy atom. The number of rotatable bonds is 5. The van der Waals surface area contributed by atoms with Crippen molar-refractivity contribution in [3.63, 3.8) is 0 Å². The fourth-order valence-electron chi connectivity index (χ4n) is 4.03. The Labute approximate surface area is 192 Å². The van der Waals surface area contributed by atoms with Crippen LogP contribution in [0.5, 0.6) is 0 Å². The topological polar surface area (TPSA) is 67.2 Å². The molecule has 1 N–H and O–H groups in total. The van der Waals surface area contributed by atoms with Crippen LogP contribution in [0, 0.1) is 0 Å². The van der Waals surface area contributed by atoms with Gasteiger partial charge in [0.05, 0.1) is 16.1 Å². The molecule has 1 aliphatic rings. The summed E-state index contributed by atoms with van der Waals surface area (Å²) in [5.41, 5.74) is 2.62. The summed E-state index contributed by atoms with van der Waals surface area (Å²) in [4.78, 5) is 3.67. The molecule has 1 aliphatic heterocycles. The Balaban J connectivity index is 1.71. The van der Waals surface area contributed by atoms with Crippen molar-refractivity contribution in [3.05, 3.63) is 72.8 Å². The molecule has 4 aromatic rings. The minimum atomic E-state index is -3.78. The minimum absolute atomic E-state index is 0.0876. The number of piperazine rings is 1. The highest BCUT2D eigenvalue weighted by Crippen LogP contribution is 2.33. The summed E-state index contributed by atoms with van der Waals surface area (Å²) in [6.45, 7) is 3.59. The molecule has 1 fully saturated rings. The second-order valence-corrected chi connectivity index (χ2v) is 10.4. The third-order valence-corrected chi connectivity index (χ3v) is 8.18. The largest absolute Gasteiger partial charge is 0.369 e. The molecule has 8 heteroatoms. The van der Waals surface area contributed by atoms with Crippen molar-refractivity contribution in [2.75, 3.05) is 37.3 Å². The van der Waals surface area contributed by atoms with E-state index >= 15 is 0 Å².